The third-order valence-corrected chi connectivity index (χ3v) is 4.09. The first-order chi connectivity index (χ1) is 7.63. The zero-order valence-corrected chi connectivity index (χ0v) is 11.4. The summed E-state index contributed by atoms with van der Waals surface area (Å²) in [5, 5.41) is 0. The van der Waals surface area contributed by atoms with E-state index in [0.717, 1.165) is 12.5 Å². The van der Waals surface area contributed by atoms with Crippen LogP contribution in [0.1, 0.15) is 46.0 Å². The van der Waals surface area contributed by atoms with E-state index < -0.39 is 0 Å². The van der Waals surface area contributed by atoms with Gasteiger partial charge in [0.15, 0.2) is 0 Å². The van der Waals surface area contributed by atoms with Crippen LogP contribution >= 0.6 is 0 Å². The zero-order valence-electron chi connectivity index (χ0n) is 11.4. The SMILES string of the molecule is CC(C)C(CN)CN(C)CC1CCCCC1. The van der Waals surface area contributed by atoms with Gasteiger partial charge < -0.3 is 10.6 Å². The molecule has 0 aliphatic heterocycles. The Hall–Kier alpha value is -0.0800. The van der Waals surface area contributed by atoms with Gasteiger partial charge in [0.05, 0.1) is 0 Å². The van der Waals surface area contributed by atoms with Gasteiger partial charge >= 0.3 is 0 Å². The van der Waals surface area contributed by atoms with E-state index in [-0.39, 0.29) is 0 Å². The maximum absolute atomic E-state index is 5.83. The highest BCUT2D eigenvalue weighted by atomic mass is 15.1. The molecule has 0 aromatic rings. The number of hydrogen-bond acceptors (Lipinski definition) is 2. The predicted molar refractivity (Wildman–Crippen MR) is 71.5 cm³/mol. The van der Waals surface area contributed by atoms with Gasteiger partial charge in [-0.3, -0.25) is 0 Å². The highest BCUT2D eigenvalue weighted by molar-refractivity contribution is 4.72. The van der Waals surface area contributed by atoms with Crippen LogP contribution in [0.4, 0.5) is 0 Å². The van der Waals surface area contributed by atoms with Crippen molar-refractivity contribution in [3.63, 3.8) is 0 Å². The smallest absolute Gasteiger partial charge is 0.00212 e. The van der Waals surface area contributed by atoms with Gasteiger partial charge in [-0.2, -0.15) is 0 Å². The Morgan fingerprint density at radius 2 is 1.81 bits per heavy atom. The first kappa shape index (κ1) is 14.0. The number of rotatable bonds is 6. The lowest BCUT2D eigenvalue weighted by Gasteiger charge is -2.30. The summed E-state index contributed by atoms with van der Waals surface area (Å²) in [5.41, 5.74) is 5.83. The molecule has 16 heavy (non-hydrogen) atoms. The van der Waals surface area contributed by atoms with Crippen molar-refractivity contribution < 1.29 is 0 Å². The fourth-order valence-electron chi connectivity index (χ4n) is 2.84. The van der Waals surface area contributed by atoms with Gasteiger partial charge in [0, 0.05) is 13.1 Å². The van der Waals surface area contributed by atoms with Crippen LogP contribution in [-0.4, -0.2) is 31.6 Å². The van der Waals surface area contributed by atoms with Crippen molar-refractivity contribution in [3.05, 3.63) is 0 Å². The molecule has 2 heteroatoms. The van der Waals surface area contributed by atoms with Gasteiger partial charge in [-0.05, 0) is 44.2 Å². The fourth-order valence-corrected chi connectivity index (χ4v) is 2.84. The minimum Gasteiger partial charge on any atom is -0.330 e. The first-order valence-electron chi connectivity index (χ1n) is 7.02. The Labute approximate surface area is 102 Å². The zero-order chi connectivity index (χ0) is 12.0. The molecule has 1 unspecified atom stereocenters. The van der Waals surface area contributed by atoms with Crippen LogP contribution < -0.4 is 5.73 Å². The monoisotopic (exact) mass is 226 g/mol. The second kappa shape index (κ2) is 7.29. The summed E-state index contributed by atoms with van der Waals surface area (Å²) in [4.78, 5) is 2.51. The molecule has 1 atom stereocenters. The molecule has 0 saturated heterocycles. The predicted octanol–water partition coefficient (Wildman–Crippen LogP) is 2.73. The van der Waals surface area contributed by atoms with Gasteiger partial charge in [-0.25, -0.2) is 0 Å². The molecular weight excluding hydrogens is 196 g/mol. The molecule has 1 aliphatic rings. The van der Waals surface area contributed by atoms with E-state index in [4.69, 9.17) is 5.73 Å². The van der Waals surface area contributed by atoms with Crippen LogP contribution in [0.3, 0.4) is 0 Å². The quantitative estimate of drug-likeness (QED) is 0.754. The molecule has 0 radical (unpaired) electrons. The minimum atomic E-state index is 0.661. The molecule has 0 spiro atoms. The van der Waals surface area contributed by atoms with Crippen molar-refractivity contribution in [2.24, 2.45) is 23.5 Å². The molecule has 0 heterocycles. The second-order valence-electron chi connectivity index (χ2n) is 5.97. The van der Waals surface area contributed by atoms with Crippen LogP contribution in [0.15, 0.2) is 0 Å². The van der Waals surface area contributed by atoms with Gasteiger partial charge in [0.1, 0.15) is 0 Å². The summed E-state index contributed by atoms with van der Waals surface area (Å²) < 4.78 is 0. The van der Waals surface area contributed by atoms with Crippen LogP contribution in [0.5, 0.6) is 0 Å². The van der Waals surface area contributed by atoms with Crippen molar-refractivity contribution >= 4 is 0 Å². The van der Waals surface area contributed by atoms with E-state index in [0.29, 0.717) is 11.8 Å². The molecule has 1 fully saturated rings. The highest BCUT2D eigenvalue weighted by Crippen LogP contribution is 2.24. The average molecular weight is 226 g/mol. The fraction of sp³-hybridized carbons (Fsp3) is 1.00. The number of nitrogens with two attached hydrogens (primary N) is 1. The Balaban J connectivity index is 2.25. The summed E-state index contributed by atoms with van der Waals surface area (Å²) in [5.74, 6) is 2.32. The standard InChI is InChI=1S/C14H30N2/c1-12(2)14(9-15)11-16(3)10-13-7-5-4-6-8-13/h12-14H,4-11,15H2,1-3H3. The molecule has 1 saturated carbocycles. The maximum atomic E-state index is 5.83. The molecule has 2 nitrogen and oxygen atoms in total. The molecule has 2 N–H and O–H groups in total. The lowest BCUT2D eigenvalue weighted by Crippen LogP contribution is -2.36. The van der Waals surface area contributed by atoms with Crippen molar-refractivity contribution in [2.45, 2.75) is 46.0 Å². The van der Waals surface area contributed by atoms with Gasteiger partial charge in [0.25, 0.3) is 0 Å². The molecule has 0 amide bonds. The third-order valence-electron chi connectivity index (χ3n) is 4.09. The summed E-state index contributed by atoms with van der Waals surface area (Å²) >= 11 is 0. The molecule has 1 aliphatic carbocycles. The van der Waals surface area contributed by atoms with Crippen LogP contribution in [-0.2, 0) is 0 Å². The summed E-state index contributed by atoms with van der Waals surface area (Å²) in [6, 6.07) is 0. The van der Waals surface area contributed by atoms with Crippen LogP contribution in [0.25, 0.3) is 0 Å². The van der Waals surface area contributed by atoms with E-state index >= 15 is 0 Å². The van der Waals surface area contributed by atoms with E-state index in [9.17, 15) is 0 Å². The van der Waals surface area contributed by atoms with Gasteiger partial charge in [-0.15, -0.1) is 0 Å². The van der Waals surface area contributed by atoms with E-state index in [1.165, 1.54) is 45.2 Å². The lowest BCUT2D eigenvalue weighted by molar-refractivity contribution is 0.191. The first-order valence-corrected chi connectivity index (χ1v) is 7.02. The van der Waals surface area contributed by atoms with Crippen molar-refractivity contribution in [2.75, 3.05) is 26.7 Å². The molecule has 0 aromatic carbocycles. The Bertz CT molecular complexity index is 174. The molecule has 0 aromatic heterocycles. The average Bonchev–Trinajstić information content (AvgIpc) is 2.27. The largest absolute Gasteiger partial charge is 0.330 e. The summed E-state index contributed by atoms with van der Waals surface area (Å²) in [7, 11) is 2.26. The minimum absolute atomic E-state index is 0.661. The Kier molecular flexibility index (Phi) is 6.37. The van der Waals surface area contributed by atoms with E-state index in [1.54, 1.807) is 0 Å². The molecular formula is C14H30N2. The number of hydrogen-bond donors (Lipinski definition) is 1. The second-order valence-corrected chi connectivity index (χ2v) is 5.97. The van der Waals surface area contributed by atoms with E-state index in [1.807, 2.05) is 0 Å². The van der Waals surface area contributed by atoms with E-state index in [2.05, 4.69) is 25.8 Å². The van der Waals surface area contributed by atoms with Gasteiger partial charge in [-0.1, -0.05) is 33.1 Å². The number of nitrogens with zero attached hydrogens (tertiary/aromatic N) is 1. The van der Waals surface area contributed by atoms with Crippen molar-refractivity contribution in [1.29, 1.82) is 0 Å². The van der Waals surface area contributed by atoms with Crippen molar-refractivity contribution in [1.82, 2.24) is 4.90 Å². The van der Waals surface area contributed by atoms with Crippen LogP contribution in [0, 0.1) is 17.8 Å². The Morgan fingerprint density at radius 1 is 1.19 bits per heavy atom. The normalized spacial score (nSPS) is 20.6. The topological polar surface area (TPSA) is 29.3 Å². The molecule has 0 bridgehead atoms. The Morgan fingerprint density at radius 3 is 2.31 bits per heavy atom. The van der Waals surface area contributed by atoms with Crippen molar-refractivity contribution in [3.8, 4) is 0 Å². The molecule has 1 rings (SSSR count). The third kappa shape index (κ3) is 4.84. The molecule has 96 valence electrons. The van der Waals surface area contributed by atoms with Crippen LogP contribution in [0.2, 0.25) is 0 Å². The highest BCUT2D eigenvalue weighted by Gasteiger charge is 2.18. The summed E-state index contributed by atoms with van der Waals surface area (Å²) in [6.45, 7) is 7.85. The van der Waals surface area contributed by atoms with Gasteiger partial charge in [0.2, 0.25) is 0 Å². The lowest BCUT2D eigenvalue weighted by atomic mass is 9.88. The maximum Gasteiger partial charge on any atom is 0.00212 e. The summed E-state index contributed by atoms with van der Waals surface area (Å²) in [6.07, 6.45) is 7.24.